The summed E-state index contributed by atoms with van der Waals surface area (Å²) < 4.78 is 12.9. The summed E-state index contributed by atoms with van der Waals surface area (Å²) in [5.41, 5.74) is 0.944. The molecule has 4 heteroatoms. The van der Waals surface area contributed by atoms with Gasteiger partial charge in [-0.1, -0.05) is 0 Å². The average Bonchev–Trinajstić information content (AvgIpc) is 2.46. The number of hydrogen-bond acceptors (Lipinski definition) is 3. The normalized spacial score (nSPS) is 25.5. The van der Waals surface area contributed by atoms with E-state index in [0.29, 0.717) is 12.1 Å². The molecule has 1 saturated carbocycles. The third-order valence-corrected chi connectivity index (χ3v) is 4.47. The fourth-order valence-electron chi connectivity index (χ4n) is 2.93. The van der Waals surface area contributed by atoms with E-state index in [1.807, 2.05) is 7.05 Å². The van der Waals surface area contributed by atoms with Crippen LogP contribution in [0, 0.1) is 5.82 Å². The van der Waals surface area contributed by atoms with Crippen molar-refractivity contribution in [2.75, 3.05) is 14.1 Å². The Balaban J connectivity index is 1.95. The van der Waals surface area contributed by atoms with Gasteiger partial charge >= 0.3 is 0 Å². The lowest BCUT2D eigenvalue weighted by atomic mass is 9.89. The largest absolute Gasteiger partial charge is 0.317 e. The Bertz CT molecular complexity index is 385. The standard InChI is InChI=1S/C15H24FN3/c1-11(15-9-4-12(16)10-18-15)19(3)14-7-5-13(17-2)6-8-14/h4,9-11,13-14,17H,5-8H2,1-3H3. The Morgan fingerprint density at radius 2 is 2.00 bits per heavy atom. The third kappa shape index (κ3) is 3.51. The highest BCUT2D eigenvalue weighted by atomic mass is 19.1. The molecule has 1 aromatic rings. The molecule has 1 heterocycles. The Hall–Kier alpha value is -1.00. The maximum Gasteiger partial charge on any atom is 0.141 e. The van der Waals surface area contributed by atoms with E-state index in [4.69, 9.17) is 0 Å². The second-order valence-electron chi connectivity index (χ2n) is 5.54. The molecular formula is C15H24FN3. The van der Waals surface area contributed by atoms with Crippen LogP contribution in [0.4, 0.5) is 4.39 Å². The molecule has 1 unspecified atom stereocenters. The zero-order valence-electron chi connectivity index (χ0n) is 12.1. The van der Waals surface area contributed by atoms with Crippen molar-refractivity contribution in [1.29, 1.82) is 0 Å². The van der Waals surface area contributed by atoms with Gasteiger partial charge in [0.05, 0.1) is 11.9 Å². The van der Waals surface area contributed by atoms with E-state index in [9.17, 15) is 4.39 Å². The minimum atomic E-state index is -0.270. The molecule has 19 heavy (non-hydrogen) atoms. The van der Waals surface area contributed by atoms with Crippen molar-refractivity contribution in [2.24, 2.45) is 0 Å². The minimum Gasteiger partial charge on any atom is -0.317 e. The SMILES string of the molecule is CNC1CCC(N(C)C(C)c2ccc(F)cn2)CC1. The molecule has 1 fully saturated rings. The van der Waals surface area contributed by atoms with Gasteiger partial charge in [0.25, 0.3) is 0 Å². The van der Waals surface area contributed by atoms with Gasteiger partial charge in [0.2, 0.25) is 0 Å². The van der Waals surface area contributed by atoms with Crippen molar-refractivity contribution in [3.8, 4) is 0 Å². The first-order chi connectivity index (χ1) is 9.11. The van der Waals surface area contributed by atoms with E-state index in [1.54, 1.807) is 6.07 Å². The van der Waals surface area contributed by atoms with E-state index in [1.165, 1.54) is 37.9 Å². The van der Waals surface area contributed by atoms with Crippen molar-refractivity contribution in [1.82, 2.24) is 15.2 Å². The van der Waals surface area contributed by atoms with Crippen molar-refractivity contribution >= 4 is 0 Å². The Morgan fingerprint density at radius 1 is 1.32 bits per heavy atom. The number of rotatable bonds is 4. The van der Waals surface area contributed by atoms with Gasteiger partial charge in [-0.15, -0.1) is 0 Å². The molecule has 2 rings (SSSR count). The van der Waals surface area contributed by atoms with Crippen LogP contribution in [0.1, 0.15) is 44.3 Å². The van der Waals surface area contributed by atoms with Gasteiger partial charge < -0.3 is 5.32 Å². The van der Waals surface area contributed by atoms with Crippen LogP contribution in [0.5, 0.6) is 0 Å². The average molecular weight is 265 g/mol. The smallest absolute Gasteiger partial charge is 0.141 e. The lowest BCUT2D eigenvalue weighted by Gasteiger charge is -2.37. The molecule has 0 spiro atoms. The van der Waals surface area contributed by atoms with E-state index in [0.717, 1.165) is 5.69 Å². The monoisotopic (exact) mass is 265 g/mol. The molecule has 0 bridgehead atoms. The van der Waals surface area contributed by atoms with E-state index in [2.05, 4.69) is 29.2 Å². The summed E-state index contributed by atoms with van der Waals surface area (Å²) in [4.78, 5) is 6.58. The summed E-state index contributed by atoms with van der Waals surface area (Å²) in [6.07, 6.45) is 6.20. The maximum absolute atomic E-state index is 12.9. The topological polar surface area (TPSA) is 28.2 Å². The number of halogens is 1. The molecule has 0 radical (unpaired) electrons. The molecule has 1 aromatic heterocycles. The van der Waals surface area contributed by atoms with Crippen molar-refractivity contribution in [2.45, 2.75) is 50.7 Å². The first-order valence-electron chi connectivity index (χ1n) is 7.12. The molecule has 1 N–H and O–H groups in total. The highest BCUT2D eigenvalue weighted by Crippen LogP contribution is 2.28. The third-order valence-electron chi connectivity index (χ3n) is 4.47. The minimum absolute atomic E-state index is 0.233. The van der Waals surface area contributed by atoms with Crippen LogP contribution < -0.4 is 5.32 Å². The van der Waals surface area contributed by atoms with Crippen molar-refractivity contribution in [3.05, 3.63) is 29.8 Å². The summed E-state index contributed by atoms with van der Waals surface area (Å²) in [5.74, 6) is -0.270. The Labute approximate surface area is 115 Å². The van der Waals surface area contributed by atoms with Crippen LogP contribution in [0.2, 0.25) is 0 Å². The maximum atomic E-state index is 12.9. The number of hydrogen-bond donors (Lipinski definition) is 1. The summed E-state index contributed by atoms with van der Waals surface area (Å²) in [5, 5.41) is 3.36. The predicted molar refractivity (Wildman–Crippen MR) is 75.5 cm³/mol. The van der Waals surface area contributed by atoms with Crippen LogP contribution in [-0.2, 0) is 0 Å². The van der Waals surface area contributed by atoms with Crippen LogP contribution in [0.3, 0.4) is 0 Å². The van der Waals surface area contributed by atoms with Crippen LogP contribution in [0.25, 0.3) is 0 Å². The molecule has 3 nitrogen and oxygen atoms in total. The molecule has 106 valence electrons. The second kappa shape index (κ2) is 6.44. The van der Waals surface area contributed by atoms with Gasteiger partial charge in [0.15, 0.2) is 0 Å². The van der Waals surface area contributed by atoms with Crippen molar-refractivity contribution in [3.63, 3.8) is 0 Å². The zero-order valence-corrected chi connectivity index (χ0v) is 12.1. The number of aromatic nitrogens is 1. The summed E-state index contributed by atoms with van der Waals surface area (Å²) in [6.45, 7) is 2.14. The van der Waals surface area contributed by atoms with Crippen molar-refractivity contribution < 1.29 is 4.39 Å². The van der Waals surface area contributed by atoms with Gasteiger partial charge in [-0.3, -0.25) is 9.88 Å². The first kappa shape index (κ1) is 14.4. The van der Waals surface area contributed by atoms with E-state index >= 15 is 0 Å². The summed E-state index contributed by atoms with van der Waals surface area (Å²) in [7, 11) is 4.19. The fourth-order valence-corrected chi connectivity index (χ4v) is 2.93. The predicted octanol–water partition coefficient (Wildman–Crippen LogP) is 2.74. The zero-order chi connectivity index (χ0) is 13.8. The molecular weight excluding hydrogens is 241 g/mol. The lowest BCUT2D eigenvalue weighted by molar-refractivity contribution is 0.134. The van der Waals surface area contributed by atoms with E-state index in [-0.39, 0.29) is 11.9 Å². The van der Waals surface area contributed by atoms with Gasteiger partial charge in [0.1, 0.15) is 5.82 Å². The number of pyridine rings is 1. The molecule has 0 amide bonds. The van der Waals surface area contributed by atoms with Crippen LogP contribution in [-0.4, -0.2) is 36.1 Å². The lowest BCUT2D eigenvalue weighted by Crippen LogP contribution is -2.40. The highest BCUT2D eigenvalue weighted by molar-refractivity contribution is 5.09. The molecule has 1 aliphatic carbocycles. The highest BCUT2D eigenvalue weighted by Gasteiger charge is 2.26. The summed E-state index contributed by atoms with van der Waals surface area (Å²) >= 11 is 0. The molecule has 0 saturated heterocycles. The number of nitrogens with zero attached hydrogens (tertiary/aromatic N) is 2. The van der Waals surface area contributed by atoms with Crippen LogP contribution >= 0.6 is 0 Å². The number of nitrogens with one attached hydrogen (secondary N) is 1. The Kier molecular flexibility index (Phi) is 4.88. The molecule has 0 aromatic carbocycles. The molecule has 1 atom stereocenters. The van der Waals surface area contributed by atoms with E-state index < -0.39 is 0 Å². The molecule has 1 aliphatic rings. The second-order valence-corrected chi connectivity index (χ2v) is 5.54. The van der Waals surface area contributed by atoms with Crippen LogP contribution in [0.15, 0.2) is 18.3 Å². The molecule has 0 aliphatic heterocycles. The summed E-state index contributed by atoms with van der Waals surface area (Å²) in [6, 6.07) is 4.78. The van der Waals surface area contributed by atoms with Gasteiger partial charge in [-0.25, -0.2) is 4.39 Å². The Morgan fingerprint density at radius 3 is 2.53 bits per heavy atom. The van der Waals surface area contributed by atoms with Gasteiger partial charge in [-0.05, 0) is 58.8 Å². The van der Waals surface area contributed by atoms with Gasteiger partial charge in [0, 0.05) is 18.1 Å². The fraction of sp³-hybridized carbons (Fsp3) is 0.667. The first-order valence-corrected chi connectivity index (χ1v) is 7.12. The van der Waals surface area contributed by atoms with Gasteiger partial charge in [-0.2, -0.15) is 0 Å². The quantitative estimate of drug-likeness (QED) is 0.907.